The molecule has 54 heavy (non-hydrogen) atoms. The Morgan fingerprint density at radius 3 is 1.48 bits per heavy atom. The van der Waals surface area contributed by atoms with Gasteiger partial charge in [-0.25, -0.2) is 9.97 Å². The minimum Gasteiger partial charge on any atom is -0.307 e. The monoisotopic (exact) mass is 688 g/mol. The van der Waals surface area contributed by atoms with Crippen molar-refractivity contribution in [3.8, 4) is 45.0 Å². The number of aromatic nitrogens is 4. The summed E-state index contributed by atoms with van der Waals surface area (Å²) in [6, 6.07) is 68.9. The van der Waals surface area contributed by atoms with Gasteiger partial charge < -0.3 is 4.57 Å². The van der Waals surface area contributed by atoms with Gasteiger partial charge in [-0.1, -0.05) is 158 Å². The van der Waals surface area contributed by atoms with E-state index in [1.165, 1.54) is 32.7 Å². The van der Waals surface area contributed by atoms with Gasteiger partial charge in [0, 0.05) is 32.8 Å². The Kier molecular flexibility index (Phi) is 6.82. The number of rotatable bonds is 5. The minimum absolute atomic E-state index is 0.799. The molecule has 0 atom stereocenters. The Hall–Kier alpha value is -7.30. The average molecular weight is 689 g/mol. The Labute approximate surface area is 311 Å². The average Bonchev–Trinajstić information content (AvgIpc) is 3.77. The second-order valence-corrected chi connectivity index (χ2v) is 13.8. The number of para-hydroxylation sites is 2. The fourth-order valence-corrected chi connectivity index (χ4v) is 8.24. The smallest absolute Gasteiger partial charge is 0.165 e. The molecule has 0 spiro atoms. The summed E-state index contributed by atoms with van der Waals surface area (Å²) in [6.07, 6.45) is 0. The normalized spacial score (nSPS) is 11.7. The van der Waals surface area contributed by atoms with Crippen molar-refractivity contribution in [3.05, 3.63) is 194 Å². The van der Waals surface area contributed by atoms with Crippen LogP contribution in [-0.4, -0.2) is 19.1 Å². The van der Waals surface area contributed by atoms with Crippen molar-refractivity contribution in [2.75, 3.05) is 0 Å². The quantitative estimate of drug-likeness (QED) is 0.180. The van der Waals surface area contributed by atoms with Crippen LogP contribution in [0.25, 0.3) is 99.7 Å². The van der Waals surface area contributed by atoms with Crippen molar-refractivity contribution in [2.24, 2.45) is 0 Å². The van der Waals surface area contributed by atoms with Crippen molar-refractivity contribution in [1.82, 2.24) is 19.1 Å². The lowest BCUT2D eigenvalue weighted by molar-refractivity contribution is 1.08. The number of benzene rings is 8. The van der Waals surface area contributed by atoms with Crippen LogP contribution < -0.4 is 0 Å². The molecule has 0 bridgehead atoms. The second-order valence-electron chi connectivity index (χ2n) is 13.8. The SMILES string of the molecule is c1ccc(-c2cccc(-n3c4ccccc4c4ccc5c6ccccc6n(-c6nc7cc(-c8ccccc8)ccc7nc6-c6ccccc6)c5c43)c2)cc1. The van der Waals surface area contributed by atoms with Crippen LogP contribution in [0.2, 0.25) is 0 Å². The standard InChI is InChI=1S/C50H32N4/c1-4-15-33(16-5-1)36-21-14-22-38(31-36)53-45-25-12-10-23-39(45)41-28-29-42-40-24-11-13-26-46(40)54(49(42)48(41)53)50-47(35-19-8-3-9-20-35)51-43-30-27-37(32-44(43)52-50)34-17-6-2-7-18-34/h1-32H. The third-order valence-electron chi connectivity index (χ3n) is 10.7. The highest BCUT2D eigenvalue weighted by Crippen LogP contribution is 2.43. The summed E-state index contributed by atoms with van der Waals surface area (Å²) >= 11 is 0. The van der Waals surface area contributed by atoms with Crippen LogP contribution in [0, 0.1) is 0 Å². The maximum absolute atomic E-state index is 5.59. The highest BCUT2D eigenvalue weighted by molar-refractivity contribution is 6.24. The van der Waals surface area contributed by atoms with Crippen molar-refractivity contribution < 1.29 is 0 Å². The van der Waals surface area contributed by atoms with Crippen LogP contribution in [0.15, 0.2) is 194 Å². The number of fused-ring (bicyclic) bond motifs is 8. The topological polar surface area (TPSA) is 35.6 Å². The van der Waals surface area contributed by atoms with Crippen molar-refractivity contribution in [2.45, 2.75) is 0 Å². The molecule has 3 aromatic heterocycles. The first kappa shape index (κ1) is 30.3. The third-order valence-corrected chi connectivity index (χ3v) is 10.7. The van der Waals surface area contributed by atoms with Gasteiger partial charge in [0.25, 0.3) is 0 Å². The van der Waals surface area contributed by atoms with E-state index in [0.717, 1.165) is 67.0 Å². The van der Waals surface area contributed by atoms with Gasteiger partial charge in [0.05, 0.1) is 33.1 Å². The molecule has 11 rings (SSSR count). The van der Waals surface area contributed by atoms with E-state index < -0.39 is 0 Å². The maximum Gasteiger partial charge on any atom is 0.165 e. The van der Waals surface area contributed by atoms with Crippen LogP contribution in [0.4, 0.5) is 0 Å². The minimum atomic E-state index is 0.799. The summed E-state index contributed by atoms with van der Waals surface area (Å²) in [7, 11) is 0. The second kappa shape index (κ2) is 12.1. The summed E-state index contributed by atoms with van der Waals surface area (Å²) in [4.78, 5) is 11.0. The summed E-state index contributed by atoms with van der Waals surface area (Å²) in [6.45, 7) is 0. The lowest BCUT2D eigenvalue weighted by atomic mass is 10.0. The number of hydrogen-bond donors (Lipinski definition) is 0. The summed E-state index contributed by atoms with van der Waals surface area (Å²) < 4.78 is 4.81. The first-order chi connectivity index (χ1) is 26.8. The molecule has 4 heteroatoms. The van der Waals surface area contributed by atoms with E-state index in [-0.39, 0.29) is 0 Å². The van der Waals surface area contributed by atoms with Gasteiger partial charge in [0.2, 0.25) is 0 Å². The van der Waals surface area contributed by atoms with Crippen LogP contribution in [0.1, 0.15) is 0 Å². The molecule has 0 amide bonds. The fraction of sp³-hybridized carbons (Fsp3) is 0. The van der Waals surface area contributed by atoms with Gasteiger partial charge >= 0.3 is 0 Å². The van der Waals surface area contributed by atoms with Crippen molar-refractivity contribution in [1.29, 1.82) is 0 Å². The molecular weight excluding hydrogens is 657 g/mol. The summed E-state index contributed by atoms with van der Waals surface area (Å²) in [5.74, 6) is 0.799. The van der Waals surface area contributed by atoms with Crippen molar-refractivity contribution in [3.63, 3.8) is 0 Å². The molecule has 0 radical (unpaired) electrons. The Balaban J connectivity index is 1.30. The summed E-state index contributed by atoms with van der Waals surface area (Å²) in [5, 5.41) is 4.73. The lowest BCUT2D eigenvalue weighted by Crippen LogP contribution is -2.05. The zero-order valence-electron chi connectivity index (χ0n) is 29.3. The van der Waals surface area contributed by atoms with Gasteiger partial charge in [0.15, 0.2) is 5.82 Å². The predicted molar refractivity (Wildman–Crippen MR) is 225 cm³/mol. The van der Waals surface area contributed by atoms with Gasteiger partial charge in [-0.3, -0.25) is 4.57 Å². The lowest BCUT2D eigenvalue weighted by Gasteiger charge is -2.16. The molecule has 0 aliphatic rings. The van der Waals surface area contributed by atoms with E-state index in [9.17, 15) is 0 Å². The third kappa shape index (κ3) is 4.70. The summed E-state index contributed by atoms with van der Waals surface area (Å²) in [5.41, 5.74) is 13.8. The van der Waals surface area contributed by atoms with E-state index >= 15 is 0 Å². The molecule has 0 aliphatic carbocycles. The van der Waals surface area contributed by atoms with Crippen LogP contribution >= 0.6 is 0 Å². The Bertz CT molecular complexity index is 3200. The highest BCUT2D eigenvalue weighted by Gasteiger charge is 2.24. The molecule has 0 aliphatic heterocycles. The maximum atomic E-state index is 5.59. The van der Waals surface area contributed by atoms with Crippen LogP contribution in [0.5, 0.6) is 0 Å². The van der Waals surface area contributed by atoms with E-state index in [2.05, 4.69) is 203 Å². The van der Waals surface area contributed by atoms with E-state index in [1.807, 2.05) is 0 Å². The predicted octanol–water partition coefficient (Wildman–Crippen LogP) is 12.8. The zero-order chi connectivity index (χ0) is 35.6. The molecule has 11 aromatic rings. The van der Waals surface area contributed by atoms with Crippen LogP contribution in [0.3, 0.4) is 0 Å². The molecule has 0 saturated heterocycles. The molecule has 0 saturated carbocycles. The number of nitrogens with zero attached hydrogens (tertiary/aromatic N) is 4. The number of hydrogen-bond acceptors (Lipinski definition) is 2. The largest absolute Gasteiger partial charge is 0.307 e. The molecule has 0 fully saturated rings. The zero-order valence-corrected chi connectivity index (χ0v) is 29.3. The van der Waals surface area contributed by atoms with E-state index in [1.54, 1.807) is 0 Å². The van der Waals surface area contributed by atoms with Gasteiger partial charge in [-0.15, -0.1) is 0 Å². The first-order valence-electron chi connectivity index (χ1n) is 18.3. The van der Waals surface area contributed by atoms with Gasteiger partial charge in [0.1, 0.15) is 5.69 Å². The van der Waals surface area contributed by atoms with Gasteiger partial charge in [-0.2, -0.15) is 0 Å². The Morgan fingerprint density at radius 2 is 0.833 bits per heavy atom. The van der Waals surface area contributed by atoms with E-state index in [4.69, 9.17) is 9.97 Å². The molecule has 3 heterocycles. The van der Waals surface area contributed by atoms with Gasteiger partial charge in [-0.05, 0) is 58.7 Å². The molecule has 8 aromatic carbocycles. The Morgan fingerprint density at radius 1 is 0.315 bits per heavy atom. The van der Waals surface area contributed by atoms with Crippen molar-refractivity contribution >= 4 is 54.6 Å². The molecule has 4 nitrogen and oxygen atoms in total. The molecular formula is C50H32N4. The van der Waals surface area contributed by atoms with E-state index in [0.29, 0.717) is 0 Å². The molecule has 0 unspecified atom stereocenters. The highest BCUT2D eigenvalue weighted by atomic mass is 15.1. The molecule has 0 N–H and O–H groups in total. The van der Waals surface area contributed by atoms with Crippen LogP contribution in [-0.2, 0) is 0 Å². The fourth-order valence-electron chi connectivity index (χ4n) is 8.24. The first-order valence-corrected chi connectivity index (χ1v) is 18.3. The molecule has 252 valence electrons.